The highest BCUT2D eigenvalue weighted by Crippen LogP contribution is 2.16. The number of carbonyl (C=O) groups is 1. The van der Waals surface area contributed by atoms with Gasteiger partial charge < -0.3 is 9.47 Å². The highest BCUT2D eigenvalue weighted by Gasteiger charge is 2.15. The topological polar surface area (TPSA) is 61.3 Å². The molecule has 1 aromatic carbocycles. The van der Waals surface area contributed by atoms with Gasteiger partial charge in [0, 0.05) is 38.6 Å². The van der Waals surface area contributed by atoms with Gasteiger partial charge in [0.25, 0.3) is 0 Å². The van der Waals surface area contributed by atoms with E-state index >= 15 is 0 Å². The number of hydrogen-bond acceptors (Lipinski definition) is 5. The largest absolute Gasteiger partial charge is 0.462 e. The zero-order valence-electron chi connectivity index (χ0n) is 10.4. The summed E-state index contributed by atoms with van der Waals surface area (Å²) in [7, 11) is 1.56. The van der Waals surface area contributed by atoms with Crippen molar-refractivity contribution in [1.82, 2.24) is 9.97 Å². The molecule has 0 aliphatic rings. The minimum atomic E-state index is -0.707. The van der Waals surface area contributed by atoms with Crippen molar-refractivity contribution < 1.29 is 18.7 Å². The van der Waals surface area contributed by atoms with Gasteiger partial charge >= 0.3 is 5.97 Å². The molecule has 0 N–H and O–H groups in total. The summed E-state index contributed by atoms with van der Waals surface area (Å²) < 4.78 is 23.5. The molecule has 1 heterocycles. The van der Waals surface area contributed by atoms with Crippen molar-refractivity contribution in [3.8, 4) is 0 Å². The van der Waals surface area contributed by atoms with E-state index in [1.54, 1.807) is 7.11 Å². The van der Waals surface area contributed by atoms with E-state index in [1.807, 2.05) is 0 Å². The van der Waals surface area contributed by atoms with Crippen LogP contribution in [0.25, 0.3) is 11.0 Å². The van der Waals surface area contributed by atoms with Gasteiger partial charge in [-0.2, -0.15) is 0 Å². The van der Waals surface area contributed by atoms with Crippen molar-refractivity contribution >= 4 is 17.0 Å². The Morgan fingerprint density at radius 1 is 1.21 bits per heavy atom. The molecule has 5 nitrogen and oxygen atoms in total. The average Bonchev–Trinajstić information content (AvgIpc) is 2.42. The molecule has 0 radical (unpaired) electrons. The lowest BCUT2D eigenvalue weighted by molar-refractivity contribution is 0.0463. The zero-order valence-corrected chi connectivity index (χ0v) is 10.4. The molecule has 0 saturated carbocycles. The van der Waals surface area contributed by atoms with E-state index in [1.165, 1.54) is 24.5 Å². The number of esters is 1. The van der Waals surface area contributed by atoms with Crippen molar-refractivity contribution in [2.45, 2.75) is 6.42 Å². The third kappa shape index (κ3) is 3.23. The molecule has 0 bridgehead atoms. The highest BCUT2D eigenvalue weighted by molar-refractivity contribution is 5.93. The first kappa shape index (κ1) is 13.4. The molecule has 6 heteroatoms. The first-order valence-electron chi connectivity index (χ1n) is 5.78. The number of methoxy groups -OCH3 is 1. The molecule has 0 aliphatic heterocycles. The summed E-state index contributed by atoms with van der Waals surface area (Å²) in [5.74, 6) is -1.37. The standard InChI is InChI=1S/C13H13FN2O3/c1-18-5-2-6-19-13(17)9-7-11-12(8-10(9)14)16-4-3-15-11/h3-4,7-8H,2,5-6H2,1H3. The SMILES string of the molecule is COCCCOC(=O)c1cc2nccnc2cc1F. The predicted molar refractivity (Wildman–Crippen MR) is 66.3 cm³/mol. The van der Waals surface area contributed by atoms with Crippen LogP contribution >= 0.6 is 0 Å². The second-order valence-corrected chi connectivity index (χ2v) is 3.86. The van der Waals surface area contributed by atoms with Crippen molar-refractivity contribution in [2.75, 3.05) is 20.3 Å². The summed E-state index contributed by atoms with van der Waals surface area (Å²) >= 11 is 0. The van der Waals surface area contributed by atoms with Crippen LogP contribution in [0.4, 0.5) is 4.39 Å². The average molecular weight is 264 g/mol. The smallest absolute Gasteiger partial charge is 0.341 e. The number of aromatic nitrogens is 2. The Labute approximate surface area is 109 Å². The van der Waals surface area contributed by atoms with E-state index in [0.717, 1.165) is 0 Å². The molecule has 19 heavy (non-hydrogen) atoms. The maximum absolute atomic E-state index is 13.8. The molecule has 2 aromatic rings. The Morgan fingerprint density at radius 3 is 2.58 bits per heavy atom. The van der Waals surface area contributed by atoms with Crippen LogP contribution in [0.2, 0.25) is 0 Å². The van der Waals surface area contributed by atoms with E-state index in [-0.39, 0.29) is 12.2 Å². The third-order valence-corrected chi connectivity index (χ3v) is 2.50. The van der Waals surface area contributed by atoms with Gasteiger partial charge in [-0.15, -0.1) is 0 Å². The molecule has 0 fully saturated rings. The van der Waals surface area contributed by atoms with Gasteiger partial charge in [0.15, 0.2) is 0 Å². The lowest BCUT2D eigenvalue weighted by Crippen LogP contribution is -2.10. The van der Waals surface area contributed by atoms with E-state index in [4.69, 9.17) is 9.47 Å². The van der Waals surface area contributed by atoms with Gasteiger partial charge in [-0.1, -0.05) is 0 Å². The predicted octanol–water partition coefficient (Wildman–Crippen LogP) is 1.96. The summed E-state index contributed by atoms with van der Waals surface area (Å²) in [6.45, 7) is 0.670. The second kappa shape index (κ2) is 6.19. The number of halogens is 1. The van der Waals surface area contributed by atoms with E-state index < -0.39 is 11.8 Å². The van der Waals surface area contributed by atoms with E-state index in [2.05, 4.69) is 9.97 Å². The molecule has 0 amide bonds. The third-order valence-electron chi connectivity index (χ3n) is 2.50. The molecule has 0 spiro atoms. The molecule has 100 valence electrons. The van der Waals surface area contributed by atoms with E-state index in [0.29, 0.717) is 24.1 Å². The Kier molecular flexibility index (Phi) is 4.35. The van der Waals surface area contributed by atoms with Crippen molar-refractivity contribution in [3.05, 3.63) is 35.9 Å². The molecule has 0 saturated heterocycles. The van der Waals surface area contributed by atoms with Crippen LogP contribution < -0.4 is 0 Å². The van der Waals surface area contributed by atoms with Crippen molar-refractivity contribution in [3.63, 3.8) is 0 Å². The minimum absolute atomic E-state index is 0.134. The van der Waals surface area contributed by atoms with Crippen LogP contribution in [0.15, 0.2) is 24.5 Å². The molecular formula is C13H13FN2O3. The normalized spacial score (nSPS) is 10.6. The van der Waals surface area contributed by atoms with Gasteiger partial charge in [-0.3, -0.25) is 9.97 Å². The van der Waals surface area contributed by atoms with Crippen LogP contribution in [-0.4, -0.2) is 36.3 Å². The first-order valence-corrected chi connectivity index (χ1v) is 5.78. The maximum Gasteiger partial charge on any atom is 0.341 e. The number of hydrogen-bond donors (Lipinski definition) is 0. The number of benzene rings is 1. The monoisotopic (exact) mass is 264 g/mol. The summed E-state index contributed by atoms with van der Waals surface area (Å²) in [6.07, 6.45) is 3.51. The zero-order chi connectivity index (χ0) is 13.7. The summed E-state index contributed by atoms with van der Waals surface area (Å²) in [5.41, 5.74) is 0.717. The van der Waals surface area contributed by atoms with E-state index in [9.17, 15) is 9.18 Å². The Bertz CT molecular complexity index is 589. The van der Waals surface area contributed by atoms with Crippen LogP contribution in [-0.2, 0) is 9.47 Å². The number of fused-ring (bicyclic) bond motifs is 1. The molecule has 2 rings (SSSR count). The van der Waals surface area contributed by atoms with Crippen LogP contribution in [0.5, 0.6) is 0 Å². The summed E-state index contributed by atoms with van der Waals surface area (Å²) in [4.78, 5) is 19.7. The number of ether oxygens (including phenoxy) is 2. The van der Waals surface area contributed by atoms with Gasteiger partial charge in [0.05, 0.1) is 23.2 Å². The fourth-order valence-corrected chi connectivity index (χ4v) is 1.59. The quantitative estimate of drug-likeness (QED) is 0.610. The Balaban J connectivity index is 2.15. The Hall–Kier alpha value is -2.08. The first-order chi connectivity index (χ1) is 9.22. The number of nitrogens with zero attached hydrogens (tertiary/aromatic N) is 2. The summed E-state index contributed by atoms with van der Waals surface area (Å²) in [5, 5.41) is 0. The Morgan fingerprint density at radius 2 is 1.89 bits per heavy atom. The maximum atomic E-state index is 13.8. The highest BCUT2D eigenvalue weighted by atomic mass is 19.1. The van der Waals surface area contributed by atoms with Crippen molar-refractivity contribution in [2.24, 2.45) is 0 Å². The molecule has 0 unspecified atom stereocenters. The molecular weight excluding hydrogens is 251 g/mol. The van der Waals surface area contributed by atoms with Gasteiger partial charge in [-0.25, -0.2) is 9.18 Å². The van der Waals surface area contributed by atoms with Gasteiger partial charge in [0.1, 0.15) is 5.82 Å². The summed E-state index contributed by atoms with van der Waals surface area (Å²) in [6, 6.07) is 2.52. The molecule has 0 aliphatic carbocycles. The van der Waals surface area contributed by atoms with Gasteiger partial charge in [0.2, 0.25) is 0 Å². The van der Waals surface area contributed by atoms with Crippen LogP contribution in [0.3, 0.4) is 0 Å². The molecule has 1 aromatic heterocycles. The van der Waals surface area contributed by atoms with Crippen LogP contribution in [0, 0.1) is 5.82 Å². The fraction of sp³-hybridized carbons (Fsp3) is 0.308. The van der Waals surface area contributed by atoms with Gasteiger partial charge in [-0.05, 0) is 6.07 Å². The number of rotatable bonds is 5. The fourth-order valence-electron chi connectivity index (χ4n) is 1.59. The number of carbonyl (C=O) groups excluding carboxylic acids is 1. The second-order valence-electron chi connectivity index (χ2n) is 3.86. The minimum Gasteiger partial charge on any atom is -0.462 e. The molecule has 0 atom stereocenters. The van der Waals surface area contributed by atoms with Crippen LogP contribution in [0.1, 0.15) is 16.8 Å². The lowest BCUT2D eigenvalue weighted by atomic mass is 10.2. The lowest BCUT2D eigenvalue weighted by Gasteiger charge is -2.06. The van der Waals surface area contributed by atoms with Crippen molar-refractivity contribution in [1.29, 1.82) is 0 Å².